The lowest BCUT2D eigenvalue weighted by molar-refractivity contribution is -0.140. The minimum atomic E-state index is -0.143. The van der Waals surface area contributed by atoms with Crippen LogP contribution in [0.5, 0.6) is 11.5 Å². The molecule has 0 radical (unpaired) electrons. The average molecular weight is 509 g/mol. The molecule has 3 rings (SSSR count). The summed E-state index contributed by atoms with van der Waals surface area (Å²) < 4.78 is 21.4. The zero-order valence-corrected chi connectivity index (χ0v) is 21.9. The maximum atomic E-state index is 13.5. The van der Waals surface area contributed by atoms with Crippen molar-refractivity contribution in [3.63, 3.8) is 0 Å². The van der Waals surface area contributed by atoms with Crippen molar-refractivity contribution in [1.82, 2.24) is 9.80 Å². The summed E-state index contributed by atoms with van der Waals surface area (Å²) in [4.78, 5) is 30.0. The average Bonchev–Trinajstić information content (AvgIpc) is 3.44. The minimum absolute atomic E-state index is 0.0119. The Morgan fingerprint density at radius 2 is 1.59 bits per heavy atom. The first-order valence-electron chi connectivity index (χ1n) is 12.4. The molecule has 2 amide bonds. The third-order valence-corrected chi connectivity index (χ3v) is 6.05. The Morgan fingerprint density at radius 1 is 0.811 bits per heavy atom. The van der Waals surface area contributed by atoms with Gasteiger partial charge in [0.1, 0.15) is 5.76 Å². The first kappa shape index (κ1) is 27.8. The van der Waals surface area contributed by atoms with Crippen LogP contribution in [0.1, 0.15) is 23.3 Å². The van der Waals surface area contributed by atoms with Gasteiger partial charge in [-0.3, -0.25) is 9.59 Å². The highest BCUT2D eigenvalue weighted by molar-refractivity contribution is 5.86. The molecular weight excluding hydrogens is 472 g/mol. The second-order valence-electron chi connectivity index (χ2n) is 8.66. The molecule has 1 aromatic heterocycles. The number of nitrogens with zero attached hydrogens (tertiary/aromatic N) is 2. The molecule has 0 saturated carbocycles. The Kier molecular flexibility index (Phi) is 11.0. The van der Waals surface area contributed by atoms with Crippen LogP contribution < -0.4 is 9.47 Å². The molecule has 8 heteroatoms. The van der Waals surface area contributed by atoms with Crippen LogP contribution in [0, 0.1) is 0 Å². The minimum Gasteiger partial charge on any atom is -0.493 e. The van der Waals surface area contributed by atoms with Gasteiger partial charge in [-0.1, -0.05) is 36.4 Å². The predicted octanol–water partition coefficient (Wildman–Crippen LogP) is 3.98. The molecule has 0 fully saturated rings. The van der Waals surface area contributed by atoms with Crippen molar-refractivity contribution in [1.29, 1.82) is 0 Å². The van der Waals surface area contributed by atoms with Gasteiger partial charge in [0.05, 0.1) is 40.0 Å². The van der Waals surface area contributed by atoms with E-state index in [9.17, 15) is 9.59 Å². The topological polar surface area (TPSA) is 81.5 Å². The van der Waals surface area contributed by atoms with E-state index in [0.717, 1.165) is 11.1 Å². The summed E-state index contributed by atoms with van der Waals surface area (Å²) in [5.74, 6) is 1.74. The fourth-order valence-corrected chi connectivity index (χ4v) is 4.02. The van der Waals surface area contributed by atoms with Crippen molar-refractivity contribution in [2.24, 2.45) is 0 Å². The van der Waals surface area contributed by atoms with Crippen LogP contribution in [0.2, 0.25) is 0 Å². The Labute approximate surface area is 218 Å². The van der Waals surface area contributed by atoms with E-state index in [0.29, 0.717) is 56.3 Å². The number of rotatable bonds is 15. The standard InChI is InChI=1S/C29H36N2O6/c1-34-17-8-15-30(28(32)20-23-9-5-4-6-10-23)22-29(33)31(21-25-11-7-18-37-25)16-14-24-12-13-26(35-2)27(19-24)36-3/h4-7,9-13,18-19H,8,14-17,20-22H2,1-3H3. The number of hydrogen-bond acceptors (Lipinski definition) is 6. The van der Waals surface area contributed by atoms with Gasteiger partial charge in [0.2, 0.25) is 11.8 Å². The summed E-state index contributed by atoms with van der Waals surface area (Å²) in [5, 5.41) is 0. The van der Waals surface area contributed by atoms with Crippen LogP contribution in [0.15, 0.2) is 71.3 Å². The Bertz CT molecular complexity index is 1100. The molecule has 8 nitrogen and oxygen atoms in total. The molecule has 1 heterocycles. The molecule has 2 aromatic carbocycles. The van der Waals surface area contributed by atoms with E-state index in [1.807, 2.05) is 54.6 Å². The number of benzene rings is 2. The van der Waals surface area contributed by atoms with Gasteiger partial charge in [-0.25, -0.2) is 0 Å². The molecule has 0 aliphatic rings. The number of ether oxygens (including phenoxy) is 3. The SMILES string of the molecule is COCCCN(CC(=O)N(CCc1ccc(OC)c(OC)c1)Cc1ccco1)C(=O)Cc1ccccc1. The van der Waals surface area contributed by atoms with Crippen LogP contribution >= 0.6 is 0 Å². The van der Waals surface area contributed by atoms with Crippen LogP contribution in [0.3, 0.4) is 0 Å². The molecule has 0 N–H and O–H groups in total. The normalized spacial score (nSPS) is 10.7. The summed E-state index contributed by atoms with van der Waals surface area (Å²) in [6.07, 6.45) is 3.08. The zero-order valence-electron chi connectivity index (χ0n) is 21.9. The number of methoxy groups -OCH3 is 3. The van der Waals surface area contributed by atoms with Crippen molar-refractivity contribution in [3.8, 4) is 11.5 Å². The van der Waals surface area contributed by atoms with E-state index < -0.39 is 0 Å². The third kappa shape index (κ3) is 8.68. The molecule has 0 bridgehead atoms. The second kappa shape index (κ2) is 14.7. The van der Waals surface area contributed by atoms with Crippen LogP contribution in [-0.4, -0.2) is 69.2 Å². The molecule has 0 saturated heterocycles. The number of furan rings is 1. The lowest BCUT2D eigenvalue weighted by Crippen LogP contribution is -2.44. The third-order valence-electron chi connectivity index (χ3n) is 6.05. The molecule has 37 heavy (non-hydrogen) atoms. The van der Waals surface area contributed by atoms with E-state index >= 15 is 0 Å². The zero-order chi connectivity index (χ0) is 26.5. The quantitative estimate of drug-likeness (QED) is 0.289. The van der Waals surface area contributed by atoms with E-state index in [1.54, 1.807) is 43.5 Å². The second-order valence-corrected chi connectivity index (χ2v) is 8.66. The Hall–Kier alpha value is -3.78. The molecule has 0 spiro atoms. The molecule has 198 valence electrons. The number of carbonyl (C=O) groups is 2. The van der Waals surface area contributed by atoms with Gasteiger partial charge in [0.15, 0.2) is 11.5 Å². The molecule has 0 aliphatic carbocycles. The smallest absolute Gasteiger partial charge is 0.242 e. The van der Waals surface area contributed by atoms with Crippen molar-refractivity contribution in [3.05, 3.63) is 83.8 Å². The summed E-state index contributed by atoms with van der Waals surface area (Å²) in [6, 6.07) is 18.9. The van der Waals surface area contributed by atoms with Gasteiger partial charge in [0.25, 0.3) is 0 Å². The maximum absolute atomic E-state index is 13.5. The number of amides is 2. The van der Waals surface area contributed by atoms with Crippen molar-refractivity contribution < 1.29 is 28.2 Å². The first-order chi connectivity index (χ1) is 18.0. The summed E-state index contributed by atoms with van der Waals surface area (Å²) in [5.41, 5.74) is 1.92. The molecule has 3 aromatic rings. The molecular formula is C29H36N2O6. The van der Waals surface area contributed by atoms with Gasteiger partial charge in [-0.2, -0.15) is 0 Å². The molecule has 0 aliphatic heterocycles. The summed E-state index contributed by atoms with van der Waals surface area (Å²) >= 11 is 0. The highest BCUT2D eigenvalue weighted by Crippen LogP contribution is 2.27. The van der Waals surface area contributed by atoms with Gasteiger partial charge in [-0.15, -0.1) is 0 Å². The fraction of sp³-hybridized carbons (Fsp3) is 0.379. The van der Waals surface area contributed by atoms with Crippen molar-refractivity contribution in [2.75, 3.05) is 47.6 Å². The largest absolute Gasteiger partial charge is 0.493 e. The van der Waals surface area contributed by atoms with Gasteiger partial charge in [-0.05, 0) is 48.2 Å². The monoisotopic (exact) mass is 508 g/mol. The van der Waals surface area contributed by atoms with Gasteiger partial charge in [0, 0.05) is 26.8 Å². The predicted molar refractivity (Wildman–Crippen MR) is 141 cm³/mol. The van der Waals surface area contributed by atoms with E-state index in [-0.39, 0.29) is 24.8 Å². The van der Waals surface area contributed by atoms with Crippen LogP contribution in [0.4, 0.5) is 0 Å². The number of carbonyl (C=O) groups excluding carboxylic acids is 2. The molecule has 0 unspecified atom stereocenters. The van der Waals surface area contributed by atoms with E-state index in [2.05, 4.69) is 0 Å². The number of hydrogen-bond donors (Lipinski definition) is 0. The first-order valence-corrected chi connectivity index (χ1v) is 12.4. The Morgan fingerprint density at radius 3 is 2.27 bits per heavy atom. The van der Waals surface area contributed by atoms with Crippen molar-refractivity contribution >= 4 is 11.8 Å². The lowest BCUT2D eigenvalue weighted by atomic mass is 10.1. The lowest BCUT2D eigenvalue weighted by Gasteiger charge is -2.27. The van der Waals surface area contributed by atoms with E-state index in [4.69, 9.17) is 18.6 Å². The highest BCUT2D eigenvalue weighted by Gasteiger charge is 2.22. The Balaban J connectivity index is 1.72. The van der Waals surface area contributed by atoms with Crippen molar-refractivity contribution in [2.45, 2.75) is 25.8 Å². The van der Waals surface area contributed by atoms with Gasteiger partial charge >= 0.3 is 0 Å². The molecule has 0 atom stereocenters. The van der Waals surface area contributed by atoms with Gasteiger partial charge < -0.3 is 28.4 Å². The summed E-state index contributed by atoms with van der Waals surface area (Å²) in [7, 11) is 4.82. The van der Waals surface area contributed by atoms with Crippen LogP contribution in [-0.2, 0) is 33.7 Å². The fourth-order valence-electron chi connectivity index (χ4n) is 4.02. The van der Waals surface area contributed by atoms with Crippen LogP contribution in [0.25, 0.3) is 0 Å². The maximum Gasteiger partial charge on any atom is 0.242 e. The summed E-state index contributed by atoms with van der Waals surface area (Å²) in [6.45, 7) is 1.71. The van der Waals surface area contributed by atoms with E-state index in [1.165, 1.54) is 0 Å². The highest BCUT2D eigenvalue weighted by atomic mass is 16.5.